The SMILES string of the molecule is COc1ccc(CNC2=NCCNC23CCN(S(=O)(=O)c2cccs2)CC3)cc1. The van der Waals surface area contributed by atoms with Crippen molar-refractivity contribution in [2.24, 2.45) is 4.99 Å². The van der Waals surface area contributed by atoms with Gasteiger partial charge in [0, 0.05) is 26.2 Å². The van der Waals surface area contributed by atoms with Gasteiger partial charge in [-0.05, 0) is 42.0 Å². The van der Waals surface area contributed by atoms with E-state index in [2.05, 4.69) is 10.6 Å². The minimum atomic E-state index is -3.40. The van der Waals surface area contributed by atoms with Crippen LogP contribution >= 0.6 is 11.3 Å². The molecule has 7 nitrogen and oxygen atoms in total. The second-order valence-electron chi connectivity index (χ2n) is 7.28. The summed E-state index contributed by atoms with van der Waals surface area (Å²) in [4.78, 5) is 4.74. The molecule has 2 aliphatic heterocycles. The number of hydrogen-bond acceptors (Lipinski definition) is 7. The van der Waals surface area contributed by atoms with Crippen molar-refractivity contribution < 1.29 is 13.2 Å². The summed E-state index contributed by atoms with van der Waals surface area (Å²) >= 11 is 1.27. The molecule has 1 spiro atoms. The highest BCUT2D eigenvalue weighted by Crippen LogP contribution is 2.30. The molecule has 1 aromatic heterocycles. The van der Waals surface area contributed by atoms with Crippen molar-refractivity contribution in [3.8, 4) is 5.75 Å². The number of ether oxygens (including phenoxy) is 1. The Morgan fingerprint density at radius 3 is 2.66 bits per heavy atom. The molecular weight excluding hydrogens is 408 g/mol. The second-order valence-corrected chi connectivity index (χ2v) is 10.4. The zero-order valence-electron chi connectivity index (χ0n) is 16.4. The first-order valence-electron chi connectivity index (χ1n) is 9.74. The fourth-order valence-corrected chi connectivity index (χ4v) is 6.50. The second kappa shape index (κ2) is 8.43. The van der Waals surface area contributed by atoms with E-state index >= 15 is 0 Å². The molecule has 0 unspecified atom stereocenters. The molecule has 0 bridgehead atoms. The van der Waals surface area contributed by atoms with Gasteiger partial charge in [0.15, 0.2) is 0 Å². The molecule has 0 atom stereocenters. The van der Waals surface area contributed by atoms with Gasteiger partial charge in [-0.3, -0.25) is 4.99 Å². The molecule has 2 N–H and O–H groups in total. The number of piperidine rings is 1. The van der Waals surface area contributed by atoms with Crippen LogP contribution in [-0.2, 0) is 16.6 Å². The van der Waals surface area contributed by atoms with Gasteiger partial charge in [-0.15, -0.1) is 11.3 Å². The van der Waals surface area contributed by atoms with Gasteiger partial charge in [0.25, 0.3) is 10.0 Å². The van der Waals surface area contributed by atoms with Crippen molar-refractivity contribution in [1.29, 1.82) is 0 Å². The highest BCUT2D eigenvalue weighted by Gasteiger charge is 2.43. The maximum absolute atomic E-state index is 12.8. The van der Waals surface area contributed by atoms with Crippen LogP contribution in [0.3, 0.4) is 0 Å². The number of amidine groups is 1. The summed E-state index contributed by atoms with van der Waals surface area (Å²) in [5.41, 5.74) is 0.860. The number of methoxy groups -OCH3 is 1. The first-order valence-corrected chi connectivity index (χ1v) is 12.1. The fraction of sp³-hybridized carbons (Fsp3) is 0.450. The number of thiophene rings is 1. The third kappa shape index (κ3) is 4.18. The Morgan fingerprint density at radius 1 is 1.24 bits per heavy atom. The Kier molecular flexibility index (Phi) is 5.91. The van der Waals surface area contributed by atoms with E-state index in [1.807, 2.05) is 24.3 Å². The number of nitrogens with zero attached hydrogens (tertiary/aromatic N) is 2. The zero-order chi connectivity index (χ0) is 20.3. The van der Waals surface area contributed by atoms with Gasteiger partial charge in [-0.1, -0.05) is 18.2 Å². The van der Waals surface area contributed by atoms with E-state index < -0.39 is 10.0 Å². The average Bonchev–Trinajstić information content (AvgIpc) is 3.30. The lowest BCUT2D eigenvalue weighted by Crippen LogP contribution is -2.64. The van der Waals surface area contributed by atoms with Gasteiger partial charge in [0.1, 0.15) is 15.8 Å². The monoisotopic (exact) mass is 434 g/mol. The van der Waals surface area contributed by atoms with E-state index in [0.717, 1.165) is 30.2 Å². The van der Waals surface area contributed by atoms with Crippen LogP contribution < -0.4 is 15.4 Å². The summed E-state index contributed by atoms with van der Waals surface area (Å²) in [5.74, 6) is 1.77. The summed E-state index contributed by atoms with van der Waals surface area (Å²) in [6.07, 6.45) is 1.40. The van der Waals surface area contributed by atoms with Crippen LogP contribution in [0.15, 0.2) is 51.0 Å². The van der Waals surface area contributed by atoms with Gasteiger partial charge in [0.05, 0.1) is 19.2 Å². The largest absolute Gasteiger partial charge is 0.497 e. The van der Waals surface area contributed by atoms with Crippen molar-refractivity contribution >= 4 is 27.2 Å². The minimum absolute atomic E-state index is 0.286. The van der Waals surface area contributed by atoms with E-state index in [0.29, 0.717) is 36.7 Å². The maximum Gasteiger partial charge on any atom is 0.252 e. The highest BCUT2D eigenvalue weighted by atomic mass is 32.2. The van der Waals surface area contributed by atoms with Crippen molar-refractivity contribution in [1.82, 2.24) is 14.9 Å². The molecule has 0 radical (unpaired) electrons. The molecule has 4 rings (SSSR count). The molecule has 1 fully saturated rings. The smallest absolute Gasteiger partial charge is 0.252 e. The molecule has 2 aromatic rings. The van der Waals surface area contributed by atoms with Crippen LogP contribution in [0, 0.1) is 0 Å². The molecule has 1 aromatic carbocycles. The summed E-state index contributed by atoms with van der Waals surface area (Å²) in [6.45, 7) is 3.17. The third-order valence-corrected chi connectivity index (χ3v) is 8.85. The molecule has 0 amide bonds. The van der Waals surface area contributed by atoms with E-state index in [4.69, 9.17) is 9.73 Å². The Morgan fingerprint density at radius 2 is 2.00 bits per heavy atom. The molecule has 3 heterocycles. The van der Waals surface area contributed by atoms with E-state index in [9.17, 15) is 8.42 Å². The van der Waals surface area contributed by atoms with Crippen LogP contribution in [-0.4, -0.2) is 57.4 Å². The number of rotatable bonds is 5. The van der Waals surface area contributed by atoms with Crippen LogP contribution in [0.5, 0.6) is 5.75 Å². The minimum Gasteiger partial charge on any atom is -0.497 e. The lowest BCUT2D eigenvalue weighted by molar-refractivity contribution is 0.241. The van der Waals surface area contributed by atoms with E-state index in [1.54, 1.807) is 28.9 Å². The van der Waals surface area contributed by atoms with Crippen LogP contribution in [0.1, 0.15) is 18.4 Å². The topological polar surface area (TPSA) is 83.0 Å². The van der Waals surface area contributed by atoms with E-state index in [-0.39, 0.29) is 5.54 Å². The van der Waals surface area contributed by atoms with E-state index in [1.165, 1.54) is 11.3 Å². The molecular formula is C20H26N4O3S2. The summed E-state index contributed by atoms with van der Waals surface area (Å²) < 4.78 is 32.9. The van der Waals surface area contributed by atoms with Crippen LogP contribution in [0.4, 0.5) is 0 Å². The van der Waals surface area contributed by atoms with Crippen LogP contribution in [0.25, 0.3) is 0 Å². The fourth-order valence-electron chi connectivity index (χ4n) is 3.91. The van der Waals surface area contributed by atoms with Crippen LogP contribution in [0.2, 0.25) is 0 Å². The first-order chi connectivity index (χ1) is 14.0. The summed E-state index contributed by atoms with van der Waals surface area (Å²) in [5, 5.41) is 8.91. The first kappa shape index (κ1) is 20.3. The number of nitrogens with one attached hydrogen (secondary N) is 2. The molecule has 156 valence electrons. The Balaban J connectivity index is 1.43. The predicted octanol–water partition coefficient (Wildman–Crippen LogP) is 2.07. The van der Waals surface area contributed by atoms with Crippen molar-refractivity contribution in [3.05, 3.63) is 47.3 Å². The Labute approximate surface area is 175 Å². The van der Waals surface area contributed by atoms with Gasteiger partial charge in [0.2, 0.25) is 0 Å². The number of hydrogen-bond donors (Lipinski definition) is 2. The zero-order valence-corrected chi connectivity index (χ0v) is 18.1. The molecule has 2 aliphatic rings. The number of benzene rings is 1. The number of sulfonamides is 1. The Hall–Kier alpha value is -1.94. The normalized spacial score (nSPS) is 19.7. The molecule has 0 saturated carbocycles. The molecule has 0 aliphatic carbocycles. The van der Waals surface area contributed by atoms with Gasteiger partial charge in [-0.2, -0.15) is 4.31 Å². The van der Waals surface area contributed by atoms with Crippen molar-refractivity contribution in [3.63, 3.8) is 0 Å². The highest BCUT2D eigenvalue weighted by molar-refractivity contribution is 7.91. The maximum atomic E-state index is 12.8. The summed E-state index contributed by atoms with van der Waals surface area (Å²) in [7, 11) is -1.74. The molecule has 1 saturated heterocycles. The molecule has 9 heteroatoms. The lowest BCUT2D eigenvalue weighted by atomic mass is 9.85. The lowest BCUT2D eigenvalue weighted by Gasteiger charge is -2.44. The van der Waals surface area contributed by atoms with Crippen molar-refractivity contribution in [2.75, 3.05) is 33.3 Å². The predicted molar refractivity (Wildman–Crippen MR) is 115 cm³/mol. The van der Waals surface area contributed by atoms with Crippen molar-refractivity contribution in [2.45, 2.75) is 29.1 Å². The average molecular weight is 435 g/mol. The Bertz CT molecular complexity index is 948. The third-order valence-electron chi connectivity index (χ3n) is 5.58. The van der Waals surface area contributed by atoms with Gasteiger partial charge >= 0.3 is 0 Å². The standard InChI is InChI=1S/C20H26N4O3S2/c1-27-17-6-4-16(5-7-17)15-22-19-20(23-11-10-21-19)8-12-24(13-9-20)29(25,26)18-3-2-14-28-18/h2-7,14,23H,8-13,15H2,1H3,(H,21,22). The molecule has 29 heavy (non-hydrogen) atoms. The quantitative estimate of drug-likeness (QED) is 0.753. The number of aliphatic imine (C=N–C) groups is 1. The van der Waals surface area contributed by atoms with Gasteiger partial charge in [-0.25, -0.2) is 8.42 Å². The summed E-state index contributed by atoms with van der Waals surface area (Å²) in [6, 6.07) is 11.4. The van der Waals surface area contributed by atoms with Gasteiger partial charge < -0.3 is 15.4 Å².